The Bertz CT molecular complexity index is 587. The standard InChI is InChI=1S/C18H23NO2/c1-12(2)15-7-5-6-8-16(15)18(4,21)11-14-10-9-13(3)19-17(14)20/h5-8,14,21H,1,3,9-11H2,2,4H3,(H,19,20). The van der Waals surface area contributed by atoms with Crippen molar-refractivity contribution in [3.05, 3.63) is 54.2 Å². The van der Waals surface area contributed by atoms with Gasteiger partial charge in [0, 0.05) is 11.6 Å². The van der Waals surface area contributed by atoms with Gasteiger partial charge >= 0.3 is 0 Å². The van der Waals surface area contributed by atoms with Crippen LogP contribution in [0.5, 0.6) is 0 Å². The second-order valence-electron chi connectivity index (χ2n) is 6.13. The van der Waals surface area contributed by atoms with Crippen LogP contribution in [0.2, 0.25) is 0 Å². The van der Waals surface area contributed by atoms with E-state index in [1.54, 1.807) is 6.92 Å². The number of amides is 1. The number of carbonyl (C=O) groups is 1. The van der Waals surface area contributed by atoms with Crippen LogP contribution in [0.15, 0.2) is 43.1 Å². The van der Waals surface area contributed by atoms with Crippen molar-refractivity contribution in [1.29, 1.82) is 0 Å². The number of allylic oxidation sites excluding steroid dienone is 2. The minimum atomic E-state index is -1.06. The number of hydrogen-bond acceptors (Lipinski definition) is 2. The average molecular weight is 285 g/mol. The van der Waals surface area contributed by atoms with Gasteiger partial charge in [-0.25, -0.2) is 0 Å². The van der Waals surface area contributed by atoms with E-state index in [0.717, 1.165) is 35.2 Å². The summed E-state index contributed by atoms with van der Waals surface area (Å²) >= 11 is 0. The predicted molar refractivity (Wildman–Crippen MR) is 85.3 cm³/mol. The van der Waals surface area contributed by atoms with E-state index in [0.29, 0.717) is 6.42 Å². The Morgan fingerprint density at radius 2 is 2.14 bits per heavy atom. The summed E-state index contributed by atoms with van der Waals surface area (Å²) in [6.45, 7) is 11.4. The van der Waals surface area contributed by atoms with Crippen molar-refractivity contribution in [3.63, 3.8) is 0 Å². The molecule has 2 N–H and O–H groups in total. The highest BCUT2D eigenvalue weighted by Gasteiger charge is 2.34. The average Bonchev–Trinajstić information content (AvgIpc) is 2.42. The van der Waals surface area contributed by atoms with Crippen LogP contribution in [0.3, 0.4) is 0 Å². The van der Waals surface area contributed by atoms with Gasteiger partial charge in [0.25, 0.3) is 0 Å². The molecule has 0 aliphatic carbocycles. The maximum atomic E-state index is 12.0. The summed E-state index contributed by atoms with van der Waals surface area (Å²) in [5.74, 6) is -0.233. The molecule has 0 radical (unpaired) electrons. The first-order chi connectivity index (χ1) is 9.81. The zero-order valence-corrected chi connectivity index (χ0v) is 12.8. The fourth-order valence-corrected chi connectivity index (χ4v) is 2.93. The number of nitrogens with one attached hydrogen (secondary N) is 1. The molecule has 0 spiro atoms. The lowest BCUT2D eigenvalue weighted by Gasteiger charge is -2.32. The third-order valence-electron chi connectivity index (χ3n) is 4.08. The lowest BCUT2D eigenvalue weighted by Crippen LogP contribution is -2.39. The number of rotatable bonds is 4. The van der Waals surface area contributed by atoms with E-state index < -0.39 is 5.60 Å². The molecule has 1 aliphatic heterocycles. The SMILES string of the molecule is C=C1CCC(CC(C)(O)c2ccccc2C(=C)C)C(=O)N1. The van der Waals surface area contributed by atoms with Gasteiger partial charge < -0.3 is 10.4 Å². The molecule has 3 nitrogen and oxygen atoms in total. The van der Waals surface area contributed by atoms with E-state index >= 15 is 0 Å². The fraction of sp³-hybridized carbons (Fsp3) is 0.389. The van der Waals surface area contributed by atoms with Crippen molar-refractivity contribution in [2.24, 2.45) is 5.92 Å². The van der Waals surface area contributed by atoms with Crippen LogP contribution < -0.4 is 5.32 Å². The molecule has 21 heavy (non-hydrogen) atoms. The molecule has 1 fully saturated rings. The van der Waals surface area contributed by atoms with Crippen LogP contribution in [0.1, 0.15) is 44.2 Å². The van der Waals surface area contributed by atoms with Crippen molar-refractivity contribution in [2.75, 3.05) is 0 Å². The van der Waals surface area contributed by atoms with E-state index in [4.69, 9.17) is 0 Å². The number of aliphatic hydroxyl groups is 1. The normalized spacial score (nSPS) is 21.6. The monoisotopic (exact) mass is 285 g/mol. The summed E-state index contributed by atoms with van der Waals surface area (Å²) in [4.78, 5) is 12.0. The molecule has 1 saturated heterocycles. The van der Waals surface area contributed by atoms with Crippen LogP contribution in [-0.4, -0.2) is 11.0 Å². The summed E-state index contributed by atoms with van der Waals surface area (Å²) in [5, 5.41) is 13.7. The molecule has 0 aromatic heterocycles. The number of carbonyl (C=O) groups excluding carboxylic acids is 1. The Balaban J connectivity index is 2.24. The molecule has 2 unspecified atom stereocenters. The molecule has 0 saturated carbocycles. The van der Waals surface area contributed by atoms with E-state index in [-0.39, 0.29) is 11.8 Å². The summed E-state index contributed by atoms with van der Waals surface area (Å²) in [7, 11) is 0. The van der Waals surface area contributed by atoms with E-state index in [9.17, 15) is 9.90 Å². The Labute approximate surface area is 126 Å². The van der Waals surface area contributed by atoms with E-state index in [1.165, 1.54) is 0 Å². The second-order valence-corrected chi connectivity index (χ2v) is 6.13. The van der Waals surface area contributed by atoms with Crippen molar-refractivity contribution in [1.82, 2.24) is 5.32 Å². The molecule has 1 aromatic carbocycles. The van der Waals surface area contributed by atoms with Crippen LogP contribution in [0.4, 0.5) is 0 Å². The Kier molecular flexibility index (Phi) is 4.33. The molecule has 1 aromatic rings. The van der Waals surface area contributed by atoms with Crippen molar-refractivity contribution in [3.8, 4) is 0 Å². The summed E-state index contributed by atoms with van der Waals surface area (Å²) in [6, 6.07) is 7.69. The lowest BCUT2D eigenvalue weighted by molar-refractivity contribution is -0.128. The zero-order valence-electron chi connectivity index (χ0n) is 12.8. The first-order valence-corrected chi connectivity index (χ1v) is 7.27. The molecule has 2 atom stereocenters. The quantitative estimate of drug-likeness (QED) is 0.891. The Morgan fingerprint density at radius 1 is 1.48 bits per heavy atom. The van der Waals surface area contributed by atoms with Crippen molar-refractivity contribution in [2.45, 2.75) is 38.7 Å². The fourth-order valence-electron chi connectivity index (χ4n) is 2.93. The first-order valence-electron chi connectivity index (χ1n) is 7.27. The topological polar surface area (TPSA) is 49.3 Å². The van der Waals surface area contributed by atoms with E-state index in [2.05, 4.69) is 18.5 Å². The largest absolute Gasteiger partial charge is 0.385 e. The molecule has 1 heterocycles. The minimum Gasteiger partial charge on any atom is -0.385 e. The third-order valence-corrected chi connectivity index (χ3v) is 4.08. The van der Waals surface area contributed by atoms with Crippen molar-refractivity contribution < 1.29 is 9.90 Å². The third kappa shape index (κ3) is 3.42. The molecular weight excluding hydrogens is 262 g/mol. The summed E-state index contributed by atoms with van der Waals surface area (Å²) in [6.07, 6.45) is 1.90. The number of hydrogen-bond donors (Lipinski definition) is 2. The maximum absolute atomic E-state index is 12.0. The molecular formula is C18H23NO2. The van der Waals surface area contributed by atoms with Gasteiger partial charge in [-0.3, -0.25) is 4.79 Å². The van der Waals surface area contributed by atoms with Gasteiger partial charge in [-0.05, 0) is 44.2 Å². The van der Waals surface area contributed by atoms with Gasteiger partial charge in [0.1, 0.15) is 0 Å². The number of benzene rings is 1. The van der Waals surface area contributed by atoms with Crippen molar-refractivity contribution >= 4 is 11.5 Å². The van der Waals surface area contributed by atoms with Crippen LogP contribution in [-0.2, 0) is 10.4 Å². The molecule has 112 valence electrons. The summed E-state index contributed by atoms with van der Waals surface area (Å²) < 4.78 is 0. The lowest BCUT2D eigenvalue weighted by atomic mass is 9.79. The summed E-state index contributed by atoms with van der Waals surface area (Å²) in [5.41, 5.74) is 2.39. The predicted octanol–water partition coefficient (Wildman–Crippen LogP) is 3.36. The first kappa shape index (κ1) is 15.5. The molecule has 2 rings (SSSR count). The van der Waals surface area contributed by atoms with Crippen LogP contribution >= 0.6 is 0 Å². The molecule has 1 aliphatic rings. The van der Waals surface area contributed by atoms with Gasteiger partial charge in [0.2, 0.25) is 5.91 Å². The van der Waals surface area contributed by atoms with Gasteiger partial charge in [-0.1, -0.05) is 43.0 Å². The second kappa shape index (κ2) is 5.86. The molecule has 0 bridgehead atoms. The highest BCUT2D eigenvalue weighted by Crippen LogP contribution is 2.35. The van der Waals surface area contributed by atoms with Gasteiger partial charge in [0.15, 0.2) is 0 Å². The van der Waals surface area contributed by atoms with Crippen LogP contribution in [0.25, 0.3) is 5.57 Å². The van der Waals surface area contributed by atoms with Gasteiger partial charge in [-0.15, -0.1) is 0 Å². The Morgan fingerprint density at radius 3 is 2.76 bits per heavy atom. The Hall–Kier alpha value is -1.87. The van der Waals surface area contributed by atoms with Gasteiger partial charge in [0.05, 0.1) is 5.60 Å². The van der Waals surface area contributed by atoms with Gasteiger partial charge in [-0.2, -0.15) is 0 Å². The number of piperidine rings is 1. The zero-order chi connectivity index (χ0) is 15.6. The highest BCUT2D eigenvalue weighted by molar-refractivity contribution is 5.81. The van der Waals surface area contributed by atoms with E-state index in [1.807, 2.05) is 31.2 Å². The maximum Gasteiger partial charge on any atom is 0.227 e. The minimum absolute atomic E-state index is 0.0423. The highest BCUT2D eigenvalue weighted by atomic mass is 16.3. The molecule has 1 amide bonds. The van der Waals surface area contributed by atoms with Crippen LogP contribution in [0, 0.1) is 5.92 Å². The molecule has 3 heteroatoms. The smallest absolute Gasteiger partial charge is 0.227 e.